The lowest BCUT2D eigenvalue weighted by Gasteiger charge is -2.15. The molecule has 1 atom stereocenters. The van der Waals surface area contributed by atoms with Crippen molar-refractivity contribution in [2.45, 2.75) is 24.2 Å². The highest BCUT2D eigenvalue weighted by molar-refractivity contribution is 9.10. The molecule has 2 aromatic carbocycles. The van der Waals surface area contributed by atoms with E-state index >= 15 is 0 Å². The first-order chi connectivity index (χ1) is 10.6. The molecule has 1 amide bonds. The Morgan fingerprint density at radius 2 is 1.91 bits per heavy atom. The van der Waals surface area contributed by atoms with Gasteiger partial charge in [-0.1, -0.05) is 28.1 Å². The molecule has 1 heterocycles. The maximum absolute atomic E-state index is 12.7. The van der Waals surface area contributed by atoms with Gasteiger partial charge >= 0.3 is 0 Å². The van der Waals surface area contributed by atoms with E-state index in [0.29, 0.717) is 0 Å². The average Bonchev–Trinajstić information content (AvgIpc) is 2.79. The third kappa shape index (κ3) is 2.82. The van der Waals surface area contributed by atoms with Crippen molar-refractivity contribution in [3.05, 3.63) is 58.1 Å². The number of thioether (sulfide) groups is 1. The minimum absolute atomic E-state index is 0.0763. The maximum Gasteiger partial charge on any atom is 0.234 e. The van der Waals surface area contributed by atoms with E-state index in [1.54, 1.807) is 11.8 Å². The standard InChI is InChI=1S/C18H18BrNOS/c1-3-20-17-9-6-13(19)11-15(17)16(18(20)21)10-12-4-7-14(22-2)8-5-12/h4-9,11,16H,3,10H2,1-2H3/t16-/m0/s1. The van der Waals surface area contributed by atoms with Gasteiger partial charge in [0.05, 0.1) is 5.92 Å². The van der Waals surface area contributed by atoms with Gasteiger partial charge in [0.1, 0.15) is 0 Å². The van der Waals surface area contributed by atoms with E-state index in [2.05, 4.69) is 52.5 Å². The summed E-state index contributed by atoms with van der Waals surface area (Å²) in [7, 11) is 0. The van der Waals surface area contributed by atoms with Crippen molar-refractivity contribution in [3.63, 3.8) is 0 Å². The summed E-state index contributed by atoms with van der Waals surface area (Å²) in [5.41, 5.74) is 3.40. The van der Waals surface area contributed by atoms with E-state index < -0.39 is 0 Å². The molecule has 0 saturated carbocycles. The molecular formula is C18H18BrNOS. The molecule has 0 fully saturated rings. The number of amides is 1. The number of carbonyl (C=O) groups excluding carboxylic acids is 1. The Bertz CT molecular complexity index is 699. The molecule has 0 aromatic heterocycles. The quantitative estimate of drug-likeness (QED) is 0.710. The lowest BCUT2D eigenvalue weighted by atomic mass is 9.93. The number of carbonyl (C=O) groups is 1. The van der Waals surface area contributed by atoms with Gasteiger partial charge in [0.15, 0.2) is 0 Å². The topological polar surface area (TPSA) is 20.3 Å². The zero-order chi connectivity index (χ0) is 15.7. The summed E-state index contributed by atoms with van der Waals surface area (Å²) in [5, 5.41) is 0. The molecule has 0 spiro atoms. The van der Waals surface area contributed by atoms with E-state index in [1.807, 2.05) is 24.0 Å². The van der Waals surface area contributed by atoms with Gasteiger partial charge in [-0.05, 0) is 61.1 Å². The average molecular weight is 376 g/mol. The van der Waals surface area contributed by atoms with E-state index in [1.165, 1.54) is 10.5 Å². The fourth-order valence-corrected chi connectivity index (χ4v) is 3.80. The number of nitrogens with zero attached hydrogens (tertiary/aromatic N) is 1. The van der Waals surface area contributed by atoms with Crippen LogP contribution in [0.4, 0.5) is 5.69 Å². The van der Waals surface area contributed by atoms with E-state index in [9.17, 15) is 4.79 Å². The van der Waals surface area contributed by atoms with Crippen LogP contribution in [-0.2, 0) is 11.2 Å². The summed E-state index contributed by atoms with van der Waals surface area (Å²) < 4.78 is 1.03. The molecule has 0 aliphatic carbocycles. The molecule has 0 unspecified atom stereocenters. The molecule has 1 aliphatic heterocycles. The first-order valence-corrected chi connectivity index (χ1v) is 9.39. The molecule has 0 N–H and O–H groups in total. The van der Waals surface area contributed by atoms with Crippen LogP contribution in [0.5, 0.6) is 0 Å². The van der Waals surface area contributed by atoms with Gasteiger partial charge in [0.2, 0.25) is 5.91 Å². The highest BCUT2D eigenvalue weighted by Gasteiger charge is 2.36. The zero-order valence-electron chi connectivity index (χ0n) is 12.7. The zero-order valence-corrected chi connectivity index (χ0v) is 15.1. The Morgan fingerprint density at radius 1 is 1.18 bits per heavy atom. The molecule has 3 rings (SSSR count). The number of hydrogen-bond donors (Lipinski definition) is 0. The van der Waals surface area contributed by atoms with Crippen LogP contribution in [0.2, 0.25) is 0 Å². The minimum Gasteiger partial charge on any atom is -0.312 e. The molecule has 2 aromatic rings. The number of anilines is 1. The molecule has 22 heavy (non-hydrogen) atoms. The smallest absolute Gasteiger partial charge is 0.234 e. The van der Waals surface area contributed by atoms with Crippen LogP contribution in [0.1, 0.15) is 24.0 Å². The van der Waals surface area contributed by atoms with Crippen molar-refractivity contribution in [2.24, 2.45) is 0 Å². The van der Waals surface area contributed by atoms with Crippen LogP contribution in [-0.4, -0.2) is 18.7 Å². The summed E-state index contributed by atoms with van der Waals surface area (Å²) in [6, 6.07) is 14.6. The van der Waals surface area contributed by atoms with Crippen LogP contribution in [0, 0.1) is 0 Å². The van der Waals surface area contributed by atoms with Crippen molar-refractivity contribution in [2.75, 3.05) is 17.7 Å². The lowest BCUT2D eigenvalue weighted by molar-refractivity contribution is -0.119. The van der Waals surface area contributed by atoms with Crippen molar-refractivity contribution < 1.29 is 4.79 Å². The van der Waals surface area contributed by atoms with Crippen LogP contribution in [0.15, 0.2) is 51.8 Å². The molecule has 1 aliphatic rings. The summed E-state index contributed by atoms with van der Waals surface area (Å²) in [5.74, 6) is 0.136. The van der Waals surface area contributed by atoms with E-state index in [-0.39, 0.29) is 11.8 Å². The second-order valence-electron chi connectivity index (χ2n) is 5.39. The number of halogens is 1. The van der Waals surface area contributed by atoms with Crippen LogP contribution < -0.4 is 4.90 Å². The molecule has 4 heteroatoms. The van der Waals surface area contributed by atoms with Crippen LogP contribution >= 0.6 is 27.7 Å². The van der Waals surface area contributed by atoms with E-state index in [0.717, 1.165) is 28.7 Å². The summed E-state index contributed by atoms with van der Waals surface area (Å²) >= 11 is 5.26. The normalized spacial score (nSPS) is 17.0. The molecule has 0 bridgehead atoms. The maximum atomic E-state index is 12.7. The molecule has 2 nitrogen and oxygen atoms in total. The number of likely N-dealkylation sites (N-methyl/N-ethyl adjacent to an activating group) is 1. The van der Waals surface area contributed by atoms with Gasteiger partial charge in [0.25, 0.3) is 0 Å². The second-order valence-corrected chi connectivity index (χ2v) is 7.19. The number of rotatable bonds is 4. The number of hydrogen-bond acceptors (Lipinski definition) is 2. The van der Waals surface area contributed by atoms with Crippen molar-refractivity contribution in [1.82, 2.24) is 0 Å². The van der Waals surface area contributed by atoms with Crippen molar-refractivity contribution >= 4 is 39.3 Å². The first-order valence-electron chi connectivity index (χ1n) is 7.37. The molecular weight excluding hydrogens is 358 g/mol. The van der Waals surface area contributed by atoms with Gasteiger partial charge < -0.3 is 4.90 Å². The number of fused-ring (bicyclic) bond motifs is 1. The van der Waals surface area contributed by atoms with Gasteiger partial charge in [-0.3, -0.25) is 4.79 Å². The third-order valence-electron chi connectivity index (χ3n) is 4.14. The molecule has 0 saturated heterocycles. The second kappa shape index (κ2) is 6.47. The van der Waals surface area contributed by atoms with Crippen molar-refractivity contribution in [3.8, 4) is 0 Å². The Kier molecular flexibility index (Phi) is 4.59. The monoisotopic (exact) mass is 375 g/mol. The Labute approximate surface area is 144 Å². The fraction of sp³-hybridized carbons (Fsp3) is 0.278. The minimum atomic E-state index is -0.0763. The summed E-state index contributed by atoms with van der Waals surface area (Å²) in [6.45, 7) is 2.74. The highest BCUT2D eigenvalue weighted by Crippen LogP contribution is 2.40. The Morgan fingerprint density at radius 3 is 2.55 bits per heavy atom. The van der Waals surface area contributed by atoms with Crippen LogP contribution in [0.3, 0.4) is 0 Å². The summed E-state index contributed by atoms with van der Waals surface area (Å²) in [6.07, 6.45) is 2.83. The van der Waals surface area contributed by atoms with Crippen molar-refractivity contribution in [1.29, 1.82) is 0 Å². The van der Waals surface area contributed by atoms with Crippen LogP contribution in [0.25, 0.3) is 0 Å². The predicted molar refractivity (Wildman–Crippen MR) is 96.8 cm³/mol. The first kappa shape index (κ1) is 15.6. The van der Waals surface area contributed by atoms with Gasteiger partial charge in [-0.25, -0.2) is 0 Å². The van der Waals surface area contributed by atoms with Gasteiger partial charge in [-0.2, -0.15) is 0 Å². The predicted octanol–water partition coefficient (Wildman–Crippen LogP) is 4.86. The molecule has 114 valence electrons. The number of benzene rings is 2. The van der Waals surface area contributed by atoms with E-state index in [4.69, 9.17) is 0 Å². The molecule has 0 radical (unpaired) electrons. The Hall–Kier alpha value is -1.26. The highest BCUT2D eigenvalue weighted by atomic mass is 79.9. The fourth-order valence-electron chi connectivity index (χ4n) is 3.01. The Balaban J connectivity index is 1.93. The summed E-state index contributed by atoms with van der Waals surface area (Å²) in [4.78, 5) is 15.9. The SMILES string of the molecule is CCN1C(=O)[C@@H](Cc2ccc(SC)cc2)c2cc(Br)ccc21. The third-order valence-corrected chi connectivity index (χ3v) is 5.37. The largest absolute Gasteiger partial charge is 0.312 e. The lowest BCUT2D eigenvalue weighted by Crippen LogP contribution is -2.29. The van der Waals surface area contributed by atoms with Gasteiger partial charge in [-0.15, -0.1) is 11.8 Å². The van der Waals surface area contributed by atoms with Gasteiger partial charge in [0, 0.05) is 21.6 Å².